The number of aryl methyl sites for hydroxylation is 1. The summed E-state index contributed by atoms with van der Waals surface area (Å²) in [5.74, 6) is -0.127. The average molecular weight is 284 g/mol. The standard InChI is InChI=1S/C13H18ClN3O2/c1-3-11(7-12(15)17-19)16-13(18)9-4-8(2)5-10(14)6-9/h4-6,11,19H,3,7H2,1-2H3,(H2,15,17)(H,16,18). The van der Waals surface area contributed by atoms with Crippen LogP contribution in [0.15, 0.2) is 23.4 Å². The van der Waals surface area contributed by atoms with Gasteiger partial charge in [0.1, 0.15) is 5.84 Å². The molecule has 104 valence electrons. The SMILES string of the molecule is CCC(C/C(N)=N/O)NC(=O)c1cc(C)cc(Cl)c1. The van der Waals surface area contributed by atoms with Crippen molar-refractivity contribution in [1.82, 2.24) is 5.32 Å². The van der Waals surface area contributed by atoms with Crippen LogP contribution in [0.3, 0.4) is 0 Å². The maximum Gasteiger partial charge on any atom is 0.251 e. The molecule has 0 fully saturated rings. The fourth-order valence-corrected chi connectivity index (χ4v) is 2.02. The molecular formula is C13H18ClN3O2. The Bertz CT molecular complexity index is 469. The second-order valence-corrected chi connectivity index (χ2v) is 4.83. The van der Waals surface area contributed by atoms with E-state index in [1.54, 1.807) is 18.2 Å². The second-order valence-electron chi connectivity index (χ2n) is 4.39. The molecule has 19 heavy (non-hydrogen) atoms. The Balaban J connectivity index is 2.77. The molecule has 0 saturated carbocycles. The maximum absolute atomic E-state index is 12.1. The van der Waals surface area contributed by atoms with Crippen LogP contribution in [0.1, 0.15) is 35.7 Å². The molecule has 1 rings (SSSR count). The minimum Gasteiger partial charge on any atom is -0.409 e. The molecule has 6 heteroatoms. The van der Waals surface area contributed by atoms with Gasteiger partial charge in [-0.25, -0.2) is 0 Å². The smallest absolute Gasteiger partial charge is 0.251 e. The van der Waals surface area contributed by atoms with Gasteiger partial charge in [-0.1, -0.05) is 23.7 Å². The largest absolute Gasteiger partial charge is 0.409 e. The first kappa shape index (κ1) is 15.3. The molecular weight excluding hydrogens is 266 g/mol. The van der Waals surface area contributed by atoms with E-state index >= 15 is 0 Å². The number of hydrogen-bond acceptors (Lipinski definition) is 3. The summed E-state index contributed by atoms with van der Waals surface area (Å²) in [5, 5.41) is 14.8. The summed E-state index contributed by atoms with van der Waals surface area (Å²) in [6, 6.07) is 4.98. The third-order valence-electron chi connectivity index (χ3n) is 2.72. The number of nitrogens with one attached hydrogen (secondary N) is 1. The summed E-state index contributed by atoms with van der Waals surface area (Å²) in [7, 11) is 0. The Morgan fingerprint density at radius 2 is 2.21 bits per heavy atom. The summed E-state index contributed by atoms with van der Waals surface area (Å²) in [4.78, 5) is 12.1. The van der Waals surface area contributed by atoms with Gasteiger partial charge in [-0.15, -0.1) is 0 Å². The van der Waals surface area contributed by atoms with Crippen LogP contribution < -0.4 is 11.1 Å². The summed E-state index contributed by atoms with van der Waals surface area (Å²) < 4.78 is 0. The monoisotopic (exact) mass is 283 g/mol. The molecule has 1 unspecified atom stereocenters. The van der Waals surface area contributed by atoms with Gasteiger partial charge in [0.2, 0.25) is 0 Å². The number of amides is 1. The molecule has 1 amide bonds. The van der Waals surface area contributed by atoms with Gasteiger partial charge in [0.05, 0.1) is 0 Å². The third-order valence-corrected chi connectivity index (χ3v) is 2.93. The van der Waals surface area contributed by atoms with Gasteiger partial charge >= 0.3 is 0 Å². The first-order valence-electron chi connectivity index (χ1n) is 6.00. The summed E-state index contributed by atoms with van der Waals surface area (Å²) in [6.07, 6.45) is 0.986. The van der Waals surface area contributed by atoms with Crippen LogP contribution >= 0.6 is 11.6 Å². The lowest BCUT2D eigenvalue weighted by Gasteiger charge is -2.16. The van der Waals surface area contributed by atoms with Gasteiger partial charge in [0.15, 0.2) is 0 Å². The van der Waals surface area contributed by atoms with E-state index in [9.17, 15) is 4.79 Å². The summed E-state index contributed by atoms with van der Waals surface area (Å²) in [6.45, 7) is 3.79. The molecule has 0 aromatic heterocycles. The van der Waals surface area contributed by atoms with Crippen molar-refractivity contribution in [2.45, 2.75) is 32.7 Å². The molecule has 4 N–H and O–H groups in total. The van der Waals surface area contributed by atoms with Crippen LogP contribution in [-0.4, -0.2) is 23.0 Å². The van der Waals surface area contributed by atoms with E-state index in [4.69, 9.17) is 22.5 Å². The quantitative estimate of drug-likeness (QED) is 0.335. The van der Waals surface area contributed by atoms with Gasteiger partial charge in [-0.05, 0) is 37.1 Å². The topological polar surface area (TPSA) is 87.7 Å². The average Bonchev–Trinajstić information content (AvgIpc) is 2.36. The third kappa shape index (κ3) is 4.79. The summed E-state index contributed by atoms with van der Waals surface area (Å²) in [5.41, 5.74) is 6.86. The number of rotatable bonds is 5. The van der Waals surface area contributed by atoms with Crippen LogP contribution in [-0.2, 0) is 0 Å². The number of carbonyl (C=O) groups excluding carboxylic acids is 1. The molecule has 1 aromatic carbocycles. The predicted molar refractivity (Wildman–Crippen MR) is 75.8 cm³/mol. The maximum atomic E-state index is 12.1. The molecule has 0 spiro atoms. The van der Waals surface area contributed by atoms with E-state index in [1.165, 1.54) is 0 Å². The van der Waals surface area contributed by atoms with E-state index in [0.29, 0.717) is 23.4 Å². The number of nitrogens with zero attached hydrogens (tertiary/aromatic N) is 1. The predicted octanol–water partition coefficient (Wildman–Crippen LogP) is 2.29. The number of benzene rings is 1. The highest BCUT2D eigenvalue weighted by atomic mass is 35.5. The van der Waals surface area contributed by atoms with E-state index in [1.807, 2.05) is 13.8 Å². The highest BCUT2D eigenvalue weighted by molar-refractivity contribution is 6.31. The lowest BCUT2D eigenvalue weighted by molar-refractivity contribution is 0.0937. The van der Waals surface area contributed by atoms with E-state index in [-0.39, 0.29) is 17.8 Å². The Morgan fingerprint density at radius 1 is 1.53 bits per heavy atom. The van der Waals surface area contributed by atoms with Crippen molar-refractivity contribution in [3.8, 4) is 0 Å². The van der Waals surface area contributed by atoms with Gasteiger partial charge < -0.3 is 16.3 Å². The molecule has 0 aliphatic rings. The van der Waals surface area contributed by atoms with Gasteiger partial charge in [0.25, 0.3) is 5.91 Å². The molecule has 1 aromatic rings. The normalized spacial score (nSPS) is 13.1. The van der Waals surface area contributed by atoms with Crippen LogP contribution in [0, 0.1) is 6.92 Å². The van der Waals surface area contributed by atoms with Crippen molar-refractivity contribution in [2.24, 2.45) is 10.9 Å². The van der Waals surface area contributed by atoms with E-state index < -0.39 is 0 Å². The highest BCUT2D eigenvalue weighted by Crippen LogP contribution is 2.15. The van der Waals surface area contributed by atoms with Crippen LogP contribution in [0.4, 0.5) is 0 Å². The Morgan fingerprint density at radius 3 is 2.74 bits per heavy atom. The Labute approximate surface area is 117 Å². The van der Waals surface area contributed by atoms with Crippen molar-refractivity contribution < 1.29 is 10.0 Å². The number of hydrogen-bond donors (Lipinski definition) is 3. The van der Waals surface area contributed by atoms with Gasteiger partial charge in [-0.2, -0.15) is 0 Å². The van der Waals surface area contributed by atoms with Crippen molar-refractivity contribution in [2.75, 3.05) is 0 Å². The minimum absolute atomic E-state index is 0.0921. The molecule has 5 nitrogen and oxygen atoms in total. The van der Waals surface area contributed by atoms with Crippen molar-refractivity contribution >= 4 is 23.3 Å². The molecule has 0 saturated heterocycles. The zero-order chi connectivity index (χ0) is 14.4. The molecule has 0 aliphatic carbocycles. The fraction of sp³-hybridized carbons (Fsp3) is 0.385. The molecule has 1 atom stereocenters. The fourth-order valence-electron chi connectivity index (χ4n) is 1.73. The van der Waals surface area contributed by atoms with Crippen LogP contribution in [0.25, 0.3) is 0 Å². The molecule has 0 bridgehead atoms. The number of carbonyl (C=O) groups is 1. The van der Waals surface area contributed by atoms with Crippen LogP contribution in [0.5, 0.6) is 0 Å². The molecule has 0 radical (unpaired) electrons. The van der Waals surface area contributed by atoms with E-state index in [0.717, 1.165) is 5.56 Å². The number of nitrogens with two attached hydrogens (primary N) is 1. The van der Waals surface area contributed by atoms with E-state index in [2.05, 4.69) is 10.5 Å². The Kier molecular flexibility index (Phi) is 5.63. The number of oxime groups is 1. The lowest BCUT2D eigenvalue weighted by atomic mass is 10.1. The summed E-state index contributed by atoms with van der Waals surface area (Å²) >= 11 is 5.92. The van der Waals surface area contributed by atoms with Crippen molar-refractivity contribution in [1.29, 1.82) is 0 Å². The first-order chi connectivity index (χ1) is 8.96. The highest BCUT2D eigenvalue weighted by Gasteiger charge is 2.14. The zero-order valence-electron chi connectivity index (χ0n) is 11.0. The number of halogens is 1. The van der Waals surface area contributed by atoms with Gasteiger partial charge in [-0.3, -0.25) is 4.79 Å². The molecule has 0 heterocycles. The first-order valence-corrected chi connectivity index (χ1v) is 6.38. The van der Waals surface area contributed by atoms with Crippen molar-refractivity contribution in [3.63, 3.8) is 0 Å². The zero-order valence-corrected chi connectivity index (χ0v) is 11.7. The molecule has 0 aliphatic heterocycles. The Hall–Kier alpha value is -1.75. The van der Waals surface area contributed by atoms with Crippen LogP contribution in [0.2, 0.25) is 5.02 Å². The van der Waals surface area contributed by atoms with Gasteiger partial charge in [0, 0.05) is 23.0 Å². The minimum atomic E-state index is -0.219. The number of amidine groups is 1. The lowest BCUT2D eigenvalue weighted by Crippen LogP contribution is -2.37. The second kappa shape index (κ2) is 6.99. The van der Waals surface area contributed by atoms with Crippen molar-refractivity contribution in [3.05, 3.63) is 34.3 Å².